The van der Waals surface area contributed by atoms with Gasteiger partial charge in [-0.15, -0.1) is 11.6 Å². The highest BCUT2D eigenvalue weighted by Crippen LogP contribution is 2.71. The van der Waals surface area contributed by atoms with Crippen LogP contribution in [0.5, 0.6) is 0 Å². The summed E-state index contributed by atoms with van der Waals surface area (Å²) in [4.78, 5) is 15.9. The lowest BCUT2D eigenvalue weighted by molar-refractivity contribution is -0.199. The Morgan fingerprint density at radius 3 is 2.70 bits per heavy atom. The molecule has 8 unspecified atom stereocenters. The molecule has 2 aliphatic heterocycles. The van der Waals surface area contributed by atoms with E-state index in [4.69, 9.17) is 16.3 Å². The SMILES string of the molecule is CN(C)C1CC23CCC4(O2)C2CC=C(c5ccc6cc(=O)[nH]cc6c5)C2(C)CCC4(Cl)C=C3C(O)C1O. The minimum absolute atomic E-state index is 0.0916. The fraction of sp³-hybridized carbons (Fsp3) is 0.567. The second-order valence-electron chi connectivity index (χ2n) is 12.6. The van der Waals surface area contributed by atoms with E-state index in [1.165, 1.54) is 11.1 Å². The molecule has 196 valence electrons. The molecule has 7 heteroatoms. The topological polar surface area (TPSA) is 85.8 Å². The first-order valence-corrected chi connectivity index (χ1v) is 13.9. The van der Waals surface area contributed by atoms with Crippen molar-refractivity contribution in [3.63, 3.8) is 0 Å². The number of allylic oxidation sites excluding steroid dienone is 2. The molecule has 3 fully saturated rings. The number of pyridine rings is 1. The summed E-state index contributed by atoms with van der Waals surface area (Å²) < 4.78 is 7.26. The maximum absolute atomic E-state index is 11.8. The van der Waals surface area contributed by atoms with Crippen LogP contribution in [0.2, 0.25) is 0 Å². The second kappa shape index (κ2) is 7.57. The summed E-state index contributed by atoms with van der Waals surface area (Å²) in [6, 6.07) is 7.82. The number of nitrogens with zero attached hydrogens (tertiary/aromatic N) is 1. The number of ether oxygens (including phenoxy) is 1. The maximum atomic E-state index is 11.8. The number of alkyl halides is 1. The number of fused-ring (bicyclic) bond motifs is 2. The molecular weight excluding hydrogens is 488 g/mol. The molecule has 1 saturated heterocycles. The van der Waals surface area contributed by atoms with Gasteiger partial charge in [-0.25, -0.2) is 0 Å². The van der Waals surface area contributed by atoms with Crippen molar-refractivity contribution in [1.29, 1.82) is 0 Å². The molecule has 5 aliphatic rings. The molecule has 3 aliphatic carbocycles. The predicted octanol–water partition coefficient (Wildman–Crippen LogP) is 3.99. The molecule has 8 atom stereocenters. The highest BCUT2D eigenvalue weighted by molar-refractivity contribution is 6.26. The number of aromatic amines is 1. The fourth-order valence-corrected chi connectivity index (χ4v) is 9.24. The third-order valence-electron chi connectivity index (χ3n) is 10.7. The smallest absolute Gasteiger partial charge is 0.248 e. The van der Waals surface area contributed by atoms with E-state index in [-0.39, 0.29) is 22.9 Å². The van der Waals surface area contributed by atoms with Gasteiger partial charge in [0.25, 0.3) is 0 Å². The van der Waals surface area contributed by atoms with Crippen LogP contribution in [0.25, 0.3) is 16.3 Å². The minimum Gasteiger partial charge on any atom is -0.388 e. The molecule has 7 rings (SSSR count). The van der Waals surface area contributed by atoms with E-state index in [1.54, 1.807) is 12.3 Å². The molecule has 37 heavy (non-hydrogen) atoms. The number of benzene rings is 1. The molecule has 2 bridgehead atoms. The molecule has 6 nitrogen and oxygen atoms in total. The molecule has 2 spiro atoms. The van der Waals surface area contributed by atoms with Crippen molar-refractivity contribution in [3.8, 4) is 0 Å². The molecule has 2 aromatic rings. The summed E-state index contributed by atoms with van der Waals surface area (Å²) in [7, 11) is 3.91. The number of halogens is 1. The van der Waals surface area contributed by atoms with E-state index in [1.807, 2.05) is 25.1 Å². The summed E-state index contributed by atoms with van der Waals surface area (Å²) in [5.41, 5.74) is 2.02. The Hall–Kier alpha value is -1.96. The van der Waals surface area contributed by atoms with Gasteiger partial charge in [0.15, 0.2) is 0 Å². The second-order valence-corrected chi connectivity index (χ2v) is 13.3. The molecule has 3 N–H and O–H groups in total. The standard InChI is InChI=1S/C30H35ClN2O4/c1-27-8-10-29(31)14-21-25(35)26(36)22(33(2)3)15-28(21)9-11-30(29,37-28)23(27)7-6-20(27)18-5-4-17-13-24(34)32-16-19(17)12-18/h4-6,12-14,16,22-23,25-26,35-36H,7-11,15H2,1-3H3,(H,32,34). The largest absolute Gasteiger partial charge is 0.388 e. The Morgan fingerprint density at radius 2 is 1.92 bits per heavy atom. The van der Waals surface area contributed by atoms with E-state index in [0.717, 1.165) is 48.4 Å². The van der Waals surface area contributed by atoms with Gasteiger partial charge in [0.2, 0.25) is 5.56 Å². The fourth-order valence-electron chi connectivity index (χ4n) is 8.76. The summed E-state index contributed by atoms with van der Waals surface area (Å²) in [5, 5.41) is 24.1. The average Bonchev–Trinajstić information content (AvgIpc) is 3.39. The quantitative estimate of drug-likeness (QED) is 0.410. The third kappa shape index (κ3) is 2.99. The Labute approximate surface area is 222 Å². The van der Waals surface area contributed by atoms with E-state index >= 15 is 0 Å². The number of hydrogen-bond acceptors (Lipinski definition) is 5. The predicted molar refractivity (Wildman–Crippen MR) is 145 cm³/mol. The zero-order valence-electron chi connectivity index (χ0n) is 21.6. The highest BCUT2D eigenvalue weighted by Gasteiger charge is 2.73. The van der Waals surface area contributed by atoms with Crippen LogP contribution in [-0.4, -0.2) is 68.5 Å². The Balaban J connectivity index is 1.29. The maximum Gasteiger partial charge on any atom is 0.248 e. The molecule has 2 saturated carbocycles. The van der Waals surface area contributed by atoms with Crippen molar-refractivity contribution < 1.29 is 14.9 Å². The normalized spacial score (nSPS) is 44.3. The van der Waals surface area contributed by atoms with E-state index in [9.17, 15) is 15.0 Å². The van der Waals surface area contributed by atoms with Gasteiger partial charge in [-0.1, -0.05) is 31.2 Å². The number of hydrogen-bond donors (Lipinski definition) is 3. The van der Waals surface area contributed by atoms with Crippen molar-refractivity contribution in [2.45, 2.75) is 79.8 Å². The van der Waals surface area contributed by atoms with Crippen molar-refractivity contribution in [1.82, 2.24) is 9.88 Å². The van der Waals surface area contributed by atoms with Gasteiger partial charge in [0, 0.05) is 24.2 Å². The van der Waals surface area contributed by atoms with Crippen LogP contribution < -0.4 is 5.56 Å². The van der Waals surface area contributed by atoms with Crippen LogP contribution in [0, 0.1) is 11.3 Å². The summed E-state index contributed by atoms with van der Waals surface area (Å²) in [5.74, 6) is 0.214. The molecular formula is C30H35ClN2O4. The Bertz CT molecular complexity index is 1430. The zero-order valence-corrected chi connectivity index (χ0v) is 22.4. The molecule has 1 aromatic carbocycles. The van der Waals surface area contributed by atoms with Gasteiger partial charge >= 0.3 is 0 Å². The van der Waals surface area contributed by atoms with Crippen LogP contribution in [0.4, 0.5) is 0 Å². The van der Waals surface area contributed by atoms with Crippen molar-refractivity contribution in [3.05, 3.63) is 64.1 Å². The monoisotopic (exact) mass is 522 g/mol. The lowest BCUT2D eigenvalue weighted by atomic mass is 9.54. The van der Waals surface area contributed by atoms with Gasteiger partial charge in [0.05, 0.1) is 22.2 Å². The van der Waals surface area contributed by atoms with Crippen molar-refractivity contribution >= 4 is 27.9 Å². The third-order valence-corrected chi connectivity index (χ3v) is 11.3. The summed E-state index contributed by atoms with van der Waals surface area (Å²) in [6.45, 7) is 2.37. The lowest BCUT2D eigenvalue weighted by Crippen LogP contribution is -2.68. The van der Waals surface area contributed by atoms with Gasteiger partial charge in [-0.05, 0) is 91.6 Å². The first-order chi connectivity index (χ1) is 17.5. The first kappa shape index (κ1) is 24.1. The van der Waals surface area contributed by atoms with Crippen LogP contribution in [0.15, 0.2) is 53.0 Å². The highest BCUT2D eigenvalue weighted by atomic mass is 35.5. The number of rotatable bonds is 2. The van der Waals surface area contributed by atoms with Crippen LogP contribution in [-0.2, 0) is 4.74 Å². The molecule has 0 radical (unpaired) electrons. The number of aliphatic hydroxyl groups excluding tert-OH is 2. The van der Waals surface area contributed by atoms with Crippen LogP contribution >= 0.6 is 11.6 Å². The Kier molecular flexibility index (Phi) is 4.94. The Morgan fingerprint density at radius 1 is 1.11 bits per heavy atom. The van der Waals surface area contributed by atoms with Crippen molar-refractivity contribution in [2.75, 3.05) is 14.1 Å². The summed E-state index contributed by atoms with van der Waals surface area (Å²) in [6.07, 6.45) is 9.32. The van der Waals surface area contributed by atoms with Gasteiger partial charge in [0.1, 0.15) is 6.10 Å². The van der Waals surface area contributed by atoms with E-state index in [2.05, 4.69) is 36.2 Å². The van der Waals surface area contributed by atoms with Crippen LogP contribution in [0.1, 0.15) is 51.0 Å². The first-order valence-electron chi connectivity index (χ1n) is 13.5. The number of aliphatic hydroxyl groups is 2. The average molecular weight is 523 g/mol. The lowest BCUT2D eigenvalue weighted by Gasteiger charge is -2.61. The molecule has 3 heterocycles. The van der Waals surface area contributed by atoms with Gasteiger partial charge in [-0.3, -0.25) is 4.79 Å². The number of aromatic nitrogens is 1. The summed E-state index contributed by atoms with van der Waals surface area (Å²) >= 11 is 7.54. The number of nitrogens with one attached hydrogen (secondary N) is 1. The van der Waals surface area contributed by atoms with Crippen LogP contribution in [0.3, 0.4) is 0 Å². The van der Waals surface area contributed by atoms with E-state index < -0.39 is 28.3 Å². The molecule has 0 amide bonds. The van der Waals surface area contributed by atoms with E-state index in [0.29, 0.717) is 6.42 Å². The number of likely N-dealkylation sites (N-methyl/N-ethyl adjacent to an activating group) is 1. The number of H-pyrrole nitrogens is 1. The zero-order chi connectivity index (χ0) is 26.0. The van der Waals surface area contributed by atoms with Gasteiger partial charge < -0.3 is 24.8 Å². The molecule has 1 aromatic heterocycles. The van der Waals surface area contributed by atoms with Crippen molar-refractivity contribution in [2.24, 2.45) is 11.3 Å². The minimum atomic E-state index is -0.970. The van der Waals surface area contributed by atoms with Gasteiger partial charge in [-0.2, -0.15) is 0 Å².